The quantitative estimate of drug-likeness (QED) is 0.790. The minimum absolute atomic E-state index is 0.702. The molecule has 19 heavy (non-hydrogen) atoms. The summed E-state index contributed by atoms with van der Waals surface area (Å²) in [5.74, 6) is 0.864. The molecule has 5 heteroatoms. The molecule has 0 unspecified atom stereocenters. The fourth-order valence-electron chi connectivity index (χ4n) is 1.80. The number of ether oxygens (including phenoxy) is 1. The van der Waals surface area contributed by atoms with Gasteiger partial charge in [0.25, 0.3) is 0 Å². The Morgan fingerprint density at radius 1 is 1.32 bits per heavy atom. The van der Waals surface area contributed by atoms with Gasteiger partial charge in [0.2, 0.25) is 0 Å². The van der Waals surface area contributed by atoms with E-state index in [4.69, 9.17) is 4.74 Å². The van der Waals surface area contributed by atoms with Crippen LogP contribution < -0.4 is 10.1 Å². The number of thiazole rings is 1. The summed E-state index contributed by atoms with van der Waals surface area (Å²) in [5.41, 5.74) is 2.01. The monoisotopic (exact) mass is 271 g/mol. The predicted molar refractivity (Wildman–Crippen MR) is 77.7 cm³/mol. The van der Waals surface area contributed by atoms with E-state index in [-0.39, 0.29) is 0 Å². The number of hydrogen-bond donors (Lipinski definition) is 1. The van der Waals surface area contributed by atoms with Crippen LogP contribution in [0.4, 0.5) is 5.69 Å². The molecule has 1 aromatic carbocycles. The summed E-state index contributed by atoms with van der Waals surface area (Å²) in [6, 6.07) is 9.83. The van der Waals surface area contributed by atoms with Crippen LogP contribution in [0.25, 0.3) is 10.2 Å². The van der Waals surface area contributed by atoms with Gasteiger partial charge in [0.15, 0.2) is 0 Å². The molecule has 0 aliphatic carbocycles. The summed E-state index contributed by atoms with van der Waals surface area (Å²) in [5, 5.41) is 4.35. The number of methoxy groups -OCH3 is 1. The Balaban J connectivity index is 1.78. The molecule has 2 aromatic heterocycles. The standard InChI is InChI=1S/C14H13N3OS/c1-18-11-4-5-12-13(7-11)19-14(17-12)9-16-10-3-2-6-15-8-10/h2-8,16H,9H2,1H3. The molecule has 0 saturated carbocycles. The van der Waals surface area contributed by atoms with E-state index in [9.17, 15) is 0 Å². The van der Waals surface area contributed by atoms with Crippen molar-refractivity contribution in [3.8, 4) is 5.75 Å². The molecular weight excluding hydrogens is 258 g/mol. The van der Waals surface area contributed by atoms with Crippen molar-refractivity contribution in [3.05, 3.63) is 47.7 Å². The van der Waals surface area contributed by atoms with Gasteiger partial charge in [-0.1, -0.05) is 0 Å². The van der Waals surface area contributed by atoms with Gasteiger partial charge < -0.3 is 10.1 Å². The van der Waals surface area contributed by atoms with E-state index < -0.39 is 0 Å². The topological polar surface area (TPSA) is 47.0 Å². The molecule has 1 N–H and O–H groups in total. The first kappa shape index (κ1) is 11.9. The smallest absolute Gasteiger partial charge is 0.120 e. The maximum absolute atomic E-state index is 5.22. The zero-order valence-electron chi connectivity index (χ0n) is 10.5. The highest BCUT2D eigenvalue weighted by atomic mass is 32.1. The van der Waals surface area contributed by atoms with Crippen molar-refractivity contribution < 1.29 is 4.74 Å². The van der Waals surface area contributed by atoms with E-state index in [0.29, 0.717) is 6.54 Å². The van der Waals surface area contributed by atoms with E-state index in [1.807, 2.05) is 30.3 Å². The van der Waals surface area contributed by atoms with Gasteiger partial charge >= 0.3 is 0 Å². The molecule has 3 rings (SSSR count). The molecule has 0 aliphatic rings. The van der Waals surface area contributed by atoms with Crippen LogP contribution in [-0.2, 0) is 6.54 Å². The van der Waals surface area contributed by atoms with Gasteiger partial charge in [-0.15, -0.1) is 11.3 Å². The number of nitrogens with one attached hydrogen (secondary N) is 1. The van der Waals surface area contributed by atoms with Gasteiger partial charge in [-0.3, -0.25) is 4.98 Å². The van der Waals surface area contributed by atoms with Crippen molar-refractivity contribution in [2.45, 2.75) is 6.54 Å². The third-order valence-electron chi connectivity index (χ3n) is 2.75. The number of fused-ring (bicyclic) bond motifs is 1. The van der Waals surface area contributed by atoms with Crippen LogP contribution in [0.15, 0.2) is 42.7 Å². The summed E-state index contributed by atoms with van der Waals surface area (Å²) < 4.78 is 6.36. The average molecular weight is 271 g/mol. The van der Waals surface area contributed by atoms with Crippen molar-refractivity contribution in [2.24, 2.45) is 0 Å². The Kier molecular flexibility index (Phi) is 3.29. The molecular formula is C14H13N3OS. The van der Waals surface area contributed by atoms with Gasteiger partial charge in [-0.25, -0.2) is 4.98 Å². The second-order valence-electron chi connectivity index (χ2n) is 4.04. The van der Waals surface area contributed by atoms with Gasteiger partial charge in [0.1, 0.15) is 10.8 Å². The summed E-state index contributed by atoms with van der Waals surface area (Å²) >= 11 is 1.67. The average Bonchev–Trinajstić information content (AvgIpc) is 2.88. The summed E-state index contributed by atoms with van der Waals surface area (Å²) in [6.45, 7) is 0.702. The van der Waals surface area contributed by atoms with Crippen LogP contribution in [0.1, 0.15) is 5.01 Å². The molecule has 4 nitrogen and oxygen atoms in total. The lowest BCUT2D eigenvalue weighted by Crippen LogP contribution is -1.98. The number of aromatic nitrogens is 2. The van der Waals surface area contributed by atoms with Crippen LogP contribution in [0, 0.1) is 0 Å². The number of nitrogens with zero attached hydrogens (tertiary/aromatic N) is 2. The van der Waals surface area contributed by atoms with Crippen molar-refractivity contribution in [1.82, 2.24) is 9.97 Å². The van der Waals surface area contributed by atoms with Gasteiger partial charge in [0, 0.05) is 12.4 Å². The number of rotatable bonds is 4. The van der Waals surface area contributed by atoms with Crippen LogP contribution in [0.5, 0.6) is 5.75 Å². The first-order valence-corrected chi connectivity index (χ1v) is 6.74. The van der Waals surface area contributed by atoms with Crippen LogP contribution >= 0.6 is 11.3 Å². The fourth-order valence-corrected chi connectivity index (χ4v) is 2.74. The van der Waals surface area contributed by atoms with Crippen molar-refractivity contribution >= 4 is 27.2 Å². The van der Waals surface area contributed by atoms with Crippen LogP contribution in [0.3, 0.4) is 0 Å². The molecule has 0 radical (unpaired) electrons. The van der Waals surface area contributed by atoms with Crippen molar-refractivity contribution in [2.75, 3.05) is 12.4 Å². The minimum atomic E-state index is 0.702. The summed E-state index contributed by atoms with van der Waals surface area (Å²) in [7, 11) is 1.67. The maximum atomic E-state index is 5.22. The molecule has 0 fully saturated rings. The molecule has 3 aromatic rings. The molecule has 96 valence electrons. The number of anilines is 1. The molecule has 2 heterocycles. The van der Waals surface area contributed by atoms with E-state index in [1.54, 1.807) is 30.8 Å². The highest BCUT2D eigenvalue weighted by Crippen LogP contribution is 2.26. The molecule has 0 saturated heterocycles. The lowest BCUT2D eigenvalue weighted by Gasteiger charge is -2.01. The second kappa shape index (κ2) is 5.24. The molecule has 0 amide bonds. The first-order chi connectivity index (χ1) is 9.35. The zero-order valence-corrected chi connectivity index (χ0v) is 11.3. The van der Waals surface area contributed by atoms with E-state index >= 15 is 0 Å². The third kappa shape index (κ3) is 2.66. The molecule has 0 aliphatic heterocycles. The number of hydrogen-bond acceptors (Lipinski definition) is 5. The van der Waals surface area contributed by atoms with E-state index in [1.165, 1.54) is 0 Å². The molecule has 0 bridgehead atoms. The SMILES string of the molecule is COc1ccc2nc(CNc3cccnc3)sc2c1. The predicted octanol–water partition coefficient (Wildman–Crippen LogP) is 3.31. The van der Waals surface area contributed by atoms with Gasteiger partial charge in [-0.05, 0) is 30.3 Å². The van der Waals surface area contributed by atoms with E-state index in [0.717, 1.165) is 26.7 Å². The second-order valence-corrected chi connectivity index (χ2v) is 5.15. The largest absolute Gasteiger partial charge is 0.497 e. The van der Waals surface area contributed by atoms with E-state index in [2.05, 4.69) is 15.3 Å². The Bertz CT molecular complexity index is 681. The Morgan fingerprint density at radius 3 is 3.05 bits per heavy atom. The van der Waals surface area contributed by atoms with Crippen molar-refractivity contribution in [3.63, 3.8) is 0 Å². The van der Waals surface area contributed by atoms with Gasteiger partial charge in [-0.2, -0.15) is 0 Å². The fraction of sp³-hybridized carbons (Fsp3) is 0.143. The Labute approximate surface area is 115 Å². The third-order valence-corrected chi connectivity index (χ3v) is 3.76. The highest BCUT2D eigenvalue weighted by molar-refractivity contribution is 7.18. The maximum Gasteiger partial charge on any atom is 0.120 e. The van der Waals surface area contributed by atoms with Gasteiger partial charge in [0.05, 0.1) is 29.6 Å². The Hall–Kier alpha value is -2.14. The summed E-state index contributed by atoms with van der Waals surface area (Å²) in [4.78, 5) is 8.65. The molecule has 0 atom stereocenters. The lowest BCUT2D eigenvalue weighted by molar-refractivity contribution is 0.415. The lowest BCUT2D eigenvalue weighted by atomic mass is 10.3. The van der Waals surface area contributed by atoms with Crippen LogP contribution in [-0.4, -0.2) is 17.1 Å². The molecule has 0 spiro atoms. The summed E-state index contributed by atoms with van der Waals surface area (Å²) in [6.07, 6.45) is 3.56. The number of pyridine rings is 1. The van der Waals surface area contributed by atoms with Crippen LogP contribution in [0.2, 0.25) is 0 Å². The first-order valence-electron chi connectivity index (χ1n) is 5.92. The normalized spacial score (nSPS) is 10.6. The number of benzene rings is 1. The minimum Gasteiger partial charge on any atom is -0.497 e. The highest BCUT2D eigenvalue weighted by Gasteiger charge is 2.05. The zero-order chi connectivity index (χ0) is 13.1. The van der Waals surface area contributed by atoms with Crippen molar-refractivity contribution in [1.29, 1.82) is 0 Å². The Morgan fingerprint density at radius 2 is 2.26 bits per heavy atom.